The highest BCUT2D eigenvalue weighted by Crippen LogP contribution is 2.31. The van der Waals surface area contributed by atoms with Crippen LogP contribution in [0.4, 0.5) is 0 Å². The van der Waals surface area contributed by atoms with Gasteiger partial charge in [-0.25, -0.2) is 0 Å². The van der Waals surface area contributed by atoms with Crippen LogP contribution in [0.5, 0.6) is 0 Å². The van der Waals surface area contributed by atoms with Gasteiger partial charge in [0.2, 0.25) is 0 Å². The fourth-order valence-electron chi connectivity index (χ4n) is 6.58. The number of nitrogens with zero attached hydrogens (tertiary/aromatic N) is 2. The molecule has 2 saturated heterocycles. The summed E-state index contributed by atoms with van der Waals surface area (Å²) >= 11 is 0. The number of piperidine rings is 1. The predicted molar refractivity (Wildman–Crippen MR) is 119 cm³/mol. The van der Waals surface area contributed by atoms with Gasteiger partial charge in [-0.1, -0.05) is 25.7 Å². The summed E-state index contributed by atoms with van der Waals surface area (Å²) in [4.78, 5) is 5.62. The Balaban J connectivity index is 1.30. The molecule has 0 bridgehead atoms. The van der Waals surface area contributed by atoms with E-state index in [2.05, 4.69) is 16.7 Å². The average Bonchev–Trinajstić information content (AvgIpc) is 3.44. The van der Waals surface area contributed by atoms with E-state index >= 15 is 0 Å². The summed E-state index contributed by atoms with van der Waals surface area (Å²) in [6.07, 6.45) is 17.5. The normalized spacial score (nSPS) is 33.1. The molecule has 0 radical (unpaired) electrons. The molecule has 0 aromatic carbocycles. The summed E-state index contributed by atoms with van der Waals surface area (Å²) in [5, 5.41) is 0. The van der Waals surface area contributed by atoms with Crippen LogP contribution in [-0.2, 0) is 9.47 Å². The number of hydrogen-bond acceptors (Lipinski definition) is 4. The van der Waals surface area contributed by atoms with E-state index in [1.165, 1.54) is 103 Å². The number of hydrogen-bond donors (Lipinski definition) is 0. The SMILES string of the molecule is CCOC1CCCCC1CN(CC1CCN(C2CCCC2)CC1)CC1CCCO1. The zero-order valence-corrected chi connectivity index (χ0v) is 19.0. The van der Waals surface area contributed by atoms with Gasteiger partial charge >= 0.3 is 0 Å². The fourth-order valence-corrected chi connectivity index (χ4v) is 6.58. The van der Waals surface area contributed by atoms with Crippen molar-refractivity contribution in [2.75, 3.05) is 45.9 Å². The van der Waals surface area contributed by atoms with Gasteiger partial charge < -0.3 is 19.3 Å². The molecule has 0 aromatic heterocycles. The third-order valence-electron chi connectivity index (χ3n) is 8.21. The summed E-state index contributed by atoms with van der Waals surface area (Å²) in [5.41, 5.74) is 0. The van der Waals surface area contributed by atoms with Crippen LogP contribution in [-0.4, -0.2) is 74.0 Å². The fraction of sp³-hybridized carbons (Fsp3) is 1.00. The molecule has 2 aliphatic carbocycles. The molecule has 3 atom stereocenters. The molecule has 4 rings (SSSR count). The van der Waals surface area contributed by atoms with Crippen LogP contribution in [0.25, 0.3) is 0 Å². The van der Waals surface area contributed by atoms with E-state index in [4.69, 9.17) is 9.47 Å². The lowest BCUT2D eigenvalue weighted by molar-refractivity contribution is -0.0251. The highest BCUT2D eigenvalue weighted by molar-refractivity contribution is 4.85. The zero-order valence-electron chi connectivity index (χ0n) is 19.0. The molecular formula is C25H46N2O2. The first kappa shape index (κ1) is 22.0. The van der Waals surface area contributed by atoms with Crippen molar-refractivity contribution < 1.29 is 9.47 Å². The molecule has 4 aliphatic rings. The van der Waals surface area contributed by atoms with Gasteiger partial charge in [0.1, 0.15) is 0 Å². The largest absolute Gasteiger partial charge is 0.378 e. The first-order valence-corrected chi connectivity index (χ1v) is 13.0. The molecule has 168 valence electrons. The maximum absolute atomic E-state index is 6.16. The highest BCUT2D eigenvalue weighted by atomic mass is 16.5. The van der Waals surface area contributed by atoms with E-state index < -0.39 is 0 Å². The van der Waals surface area contributed by atoms with Gasteiger partial charge in [0.05, 0.1) is 12.2 Å². The topological polar surface area (TPSA) is 24.9 Å². The Morgan fingerprint density at radius 3 is 2.31 bits per heavy atom. The van der Waals surface area contributed by atoms with Crippen molar-refractivity contribution in [3.63, 3.8) is 0 Å². The van der Waals surface area contributed by atoms with Gasteiger partial charge in [-0.2, -0.15) is 0 Å². The Bertz CT molecular complexity index is 452. The van der Waals surface area contributed by atoms with Crippen molar-refractivity contribution in [2.45, 2.75) is 102 Å². The minimum absolute atomic E-state index is 0.475. The second kappa shape index (κ2) is 11.5. The first-order valence-electron chi connectivity index (χ1n) is 13.0. The second-order valence-electron chi connectivity index (χ2n) is 10.3. The molecule has 2 saturated carbocycles. The summed E-state index contributed by atoms with van der Waals surface area (Å²) in [6, 6.07) is 0.910. The van der Waals surface area contributed by atoms with E-state index in [1.54, 1.807) is 0 Å². The van der Waals surface area contributed by atoms with Gasteiger partial charge in [-0.05, 0) is 83.2 Å². The lowest BCUT2D eigenvalue weighted by Gasteiger charge is -2.40. The molecule has 2 heterocycles. The van der Waals surface area contributed by atoms with Gasteiger partial charge in [0.15, 0.2) is 0 Å². The maximum atomic E-state index is 6.16. The average molecular weight is 407 g/mol. The molecule has 4 fully saturated rings. The molecule has 0 spiro atoms. The summed E-state index contributed by atoms with van der Waals surface area (Å²) < 4.78 is 12.2. The van der Waals surface area contributed by atoms with E-state index in [1.807, 2.05) is 0 Å². The van der Waals surface area contributed by atoms with Crippen LogP contribution < -0.4 is 0 Å². The third-order valence-corrected chi connectivity index (χ3v) is 8.21. The molecule has 0 N–H and O–H groups in total. The third kappa shape index (κ3) is 6.41. The molecule has 2 aliphatic heterocycles. The quantitative estimate of drug-likeness (QED) is 0.553. The van der Waals surface area contributed by atoms with Crippen molar-refractivity contribution in [2.24, 2.45) is 11.8 Å². The van der Waals surface area contributed by atoms with Crippen molar-refractivity contribution in [1.82, 2.24) is 9.80 Å². The molecule has 4 nitrogen and oxygen atoms in total. The van der Waals surface area contributed by atoms with Crippen molar-refractivity contribution in [3.05, 3.63) is 0 Å². The van der Waals surface area contributed by atoms with Crippen LogP contribution in [0.2, 0.25) is 0 Å². The Hall–Kier alpha value is -0.160. The summed E-state index contributed by atoms with van der Waals surface area (Å²) in [6.45, 7) is 10.4. The minimum atomic E-state index is 0.475. The molecule has 0 aromatic rings. The van der Waals surface area contributed by atoms with E-state index in [-0.39, 0.29) is 0 Å². The standard InChI is InChI=1S/C25H46N2O2/c1-2-28-25-12-6-3-8-22(25)19-26(20-24-11-7-17-29-24)18-21-13-15-27(16-14-21)23-9-4-5-10-23/h21-25H,2-20H2,1H3. The lowest BCUT2D eigenvalue weighted by atomic mass is 9.85. The van der Waals surface area contributed by atoms with Crippen molar-refractivity contribution >= 4 is 0 Å². The maximum Gasteiger partial charge on any atom is 0.0702 e. The zero-order chi connectivity index (χ0) is 19.9. The Labute approximate surface area is 179 Å². The minimum Gasteiger partial charge on any atom is -0.378 e. The number of rotatable bonds is 9. The van der Waals surface area contributed by atoms with Crippen LogP contribution in [0.15, 0.2) is 0 Å². The molecule has 3 unspecified atom stereocenters. The Morgan fingerprint density at radius 1 is 0.828 bits per heavy atom. The first-order chi connectivity index (χ1) is 14.3. The van der Waals surface area contributed by atoms with Crippen LogP contribution in [0.3, 0.4) is 0 Å². The van der Waals surface area contributed by atoms with Gasteiger partial charge in [0, 0.05) is 38.9 Å². The monoisotopic (exact) mass is 406 g/mol. The highest BCUT2D eigenvalue weighted by Gasteiger charge is 2.32. The van der Waals surface area contributed by atoms with E-state index in [0.29, 0.717) is 12.2 Å². The van der Waals surface area contributed by atoms with Gasteiger partial charge in [-0.3, -0.25) is 0 Å². The second-order valence-corrected chi connectivity index (χ2v) is 10.3. The smallest absolute Gasteiger partial charge is 0.0702 e. The van der Waals surface area contributed by atoms with E-state index in [0.717, 1.165) is 37.6 Å². The van der Waals surface area contributed by atoms with Crippen molar-refractivity contribution in [3.8, 4) is 0 Å². The number of ether oxygens (including phenoxy) is 2. The summed E-state index contributed by atoms with van der Waals surface area (Å²) in [7, 11) is 0. The molecule has 4 heteroatoms. The Kier molecular flexibility index (Phi) is 8.71. The predicted octanol–water partition coefficient (Wildman–Crippen LogP) is 4.72. The van der Waals surface area contributed by atoms with Gasteiger partial charge in [0.25, 0.3) is 0 Å². The van der Waals surface area contributed by atoms with Crippen LogP contribution in [0, 0.1) is 11.8 Å². The van der Waals surface area contributed by atoms with Gasteiger partial charge in [-0.15, -0.1) is 0 Å². The number of likely N-dealkylation sites (tertiary alicyclic amines) is 1. The molecule has 0 amide bonds. The van der Waals surface area contributed by atoms with Crippen molar-refractivity contribution in [1.29, 1.82) is 0 Å². The van der Waals surface area contributed by atoms with Crippen LogP contribution in [0.1, 0.15) is 84.0 Å². The molecular weight excluding hydrogens is 360 g/mol. The van der Waals surface area contributed by atoms with E-state index in [9.17, 15) is 0 Å². The lowest BCUT2D eigenvalue weighted by Crippen LogP contribution is -2.46. The summed E-state index contributed by atoms with van der Waals surface area (Å²) in [5.74, 6) is 1.60. The Morgan fingerprint density at radius 2 is 1.59 bits per heavy atom. The molecule has 29 heavy (non-hydrogen) atoms. The van der Waals surface area contributed by atoms with Crippen LogP contribution >= 0.6 is 0 Å².